The van der Waals surface area contributed by atoms with Gasteiger partial charge < -0.3 is 15.3 Å². The van der Waals surface area contributed by atoms with E-state index in [1.54, 1.807) is 6.92 Å². The van der Waals surface area contributed by atoms with Gasteiger partial charge >= 0.3 is 18.2 Å². The van der Waals surface area contributed by atoms with E-state index in [1.165, 1.54) is 0 Å². The average molecular weight is 254 g/mol. The highest BCUT2D eigenvalue weighted by molar-refractivity contribution is 5.80. The predicted molar refractivity (Wildman–Crippen MR) is 51.4 cm³/mol. The molecule has 8 heteroatoms. The van der Waals surface area contributed by atoms with Crippen LogP contribution in [-0.4, -0.2) is 47.8 Å². The maximum absolute atomic E-state index is 12.8. The molecule has 0 bridgehead atoms. The number of carbonyl (C=O) groups is 2. The van der Waals surface area contributed by atoms with Crippen LogP contribution in [0, 0.1) is 5.41 Å². The Kier molecular flexibility index (Phi) is 3.53. The van der Waals surface area contributed by atoms with Crippen molar-refractivity contribution in [3.8, 4) is 0 Å². The van der Waals surface area contributed by atoms with Gasteiger partial charge in [-0.05, 0) is 13.3 Å². The molecular formula is C9H13F3N2O3. The van der Waals surface area contributed by atoms with E-state index in [1.807, 2.05) is 0 Å². The minimum atomic E-state index is -4.86. The fourth-order valence-corrected chi connectivity index (χ4v) is 1.77. The van der Waals surface area contributed by atoms with Crippen LogP contribution in [0.5, 0.6) is 0 Å². The molecule has 98 valence electrons. The number of likely N-dealkylation sites (tertiary alicyclic amines) is 1. The Balaban J connectivity index is 2.87. The number of carboxylic acids is 1. The van der Waals surface area contributed by atoms with Gasteiger partial charge in [0.05, 0.1) is 0 Å². The highest BCUT2D eigenvalue weighted by Crippen LogP contribution is 2.45. The quantitative estimate of drug-likeness (QED) is 0.774. The highest BCUT2D eigenvalue weighted by Gasteiger charge is 2.64. The molecular weight excluding hydrogens is 241 g/mol. The van der Waals surface area contributed by atoms with Gasteiger partial charge in [0.2, 0.25) is 0 Å². The van der Waals surface area contributed by atoms with Gasteiger partial charge in [-0.1, -0.05) is 0 Å². The molecule has 0 radical (unpaired) electrons. The second-order valence-electron chi connectivity index (χ2n) is 3.89. The first-order chi connectivity index (χ1) is 7.74. The number of hydrogen-bond donors (Lipinski definition) is 2. The normalized spacial score (nSPS) is 24.8. The van der Waals surface area contributed by atoms with E-state index in [4.69, 9.17) is 5.11 Å². The molecule has 17 heavy (non-hydrogen) atoms. The van der Waals surface area contributed by atoms with Gasteiger partial charge in [-0.2, -0.15) is 13.2 Å². The topological polar surface area (TPSA) is 69.6 Å². The van der Waals surface area contributed by atoms with Crippen LogP contribution in [0.1, 0.15) is 13.3 Å². The Hall–Kier alpha value is -1.47. The molecule has 1 fully saturated rings. The van der Waals surface area contributed by atoms with Crippen molar-refractivity contribution in [2.45, 2.75) is 19.5 Å². The number of alkyl halides is 3. The van der Waals surface area contributed by atoms with Gasteiger partial charge in [-0.3, -0.25) is 4.79 Å². The van der Waals surface area contributed by atoms with E-state index in [2.05, 4.69) is 5.32 Å². The lowest BCUT2D eigenvalue weighted by molar-refractivity contribution is -0.226. The third-order valence-electron chi connectivity index (χ3n) is 2.84. The van der Waals surface area contributed by atoms with E-state index < -0.39 is 36.6 Å². The number of rotatable bonds is 2. The van der Waals surface area contributed by atoms with Crippen molar-refractivity contribution >= 4 is 12.0 Å². The van der Waals surface area contributed by atoms with Crippen LogP contribution in [-0.2, 0) is 4.79 Å². The second-order valence-corrected chi connectivity index (χ2v) is 3.89. The Morgan fingerprint density at radius 1 is 1.47 bits per heavy atom. The smallest absolute Gasteiger partial charge is 0.406 e. The van der Waals surface area contributed by atoms with Crippen LogP contribution < -0.4 is 5.32 Å². The highest BCUT2D eigenvalue weighted by atomic mass is 19.4. The van der Waals surface area contributed by atoms with Crippen molar-refractivity contribution in [3.05, 3.63) is 0 Å². The summed E-state index contributed by atoms with van der Waals surface area (Å²) in [4.78, 5) is 23.0. The van der Waals surface area contributed by atoms with E-state index >= 15 is 0 Å². The summed E-state index contributed by atoms with van der Waals surface area (Å²) in [7, 11) is 0. The van der Waals surface area contributed by atoms with E-state index in [9.17, 15) is 22.8 Å². The minimum absolute atomic E-state index is 0.211. The fraction of sp³-hybridized carbons (Fsp3) is 0.778. The molecule has 0 aromatic heterocycles. The van der Waals surface area contributed by atoms with E-state index in [0.717, 1.165) is 4.90 Å². The Labute approximate surface area is 95.6 Å². The number of nitrogens with one attached hydrogen (secondary N) is 1. The van der Waals surface area contributed by atoms with Crippen molar-refractivity contribution in [2.24, 2.45) is 5.41 Å². The van der Waals surface area contributed by atoms with Crippen LogP contribution in [0.2, 0.25) is 0 Å². The summed E-state index contributed by atoms with van der Waals surface area (Å²) in [6, 6.07) is -0.667. The summed E-state index contributed by atoms with van der Waals surface area (Å²) in [6.07, 6.45) is -5.47. The SMILES string of the molecule is CCNC(=O)N1CCC(C(=O)O)(C(F)(F)F)C1. The molecule has 1 heterocycles. The zero-order chi connectivity index (χ0) is 13.3. The first-order valence-electron chi connectivity index (χ1n) is 5.07. The molecule has 0 aliphatic carbocycles. The molecule has 0 aromatic rings. The lowest BCUT2D eigenvalue weighted by Gasteiger charge is -2.27. The molecule has 1 aliphatic rings. The van der Waals surface area contributed by atoms with Crippen LogP contribution in [0.3, 0.4) is 0 Å². The molecule has 1 atom stereocenters. The summed E-state index contributed by atoms with van der Waals surface area (Å²) in [5.41, 5.74) is -2.84. The Morgan fingerprint density at radius 2 is 2.06 bits per heavy atom. The van der Waals surface area contributed by atoms with Crippen molar-refractivity contribution in [2.75, 3.05) is 19.6 Å². The van der Waals surface area contributed by atoms with Crippen molar-refractivity contribution in [3.63, 3.8) is 0 Å². The molecule has 1 aliphatic heterocycles. The van der Waals surface area contributed by atoms with Gasteiger partial charge in [0, 0.05) is 19.6 Å². The van der Waals surface area contributed by atoms with Crippen LogP contribution in [0.4, 0.5) is 18.0 Å². The van der Waals surface area contributed by atoms with Crippen LogP contribution >= 0.6 is 0 Å². The van der Waals surface area contributed by atoms with Gasteiger partial charge in [0.25, 0.3) is 0 Å². The van der Waals surface area contributed by atoms with Gasteiger partial charge in [-0.15, -0.1) is 0 Å². The van der Waals surface area contributed by atoms with Gasteiger partial charge in [0.15, 0.2) is 5.41 Å². The summed E-state index contributed by atoms with van der Waals surface area (Å²) in [6.45, 7) is 0.860. The maximum atomic E-state index is 12.8. The number of carbonyl (C=O) groups excluding carboxylic acids is 1. The zero-order valence-electron chi connectivity index (χ0n) is 9.17. The molecule has 1 unspecified atom stereocenters. The predicted octanol–water partition coefficient (Wildman–Crippen LogP) is 1.05. The summed E-state index contributed by atoms with van der Waals surface area (Å²) in [5, 5.41) is 11.1. The third-order valence-corrected chi connectivity index (χ3v) is 2.84. The Morgan fingerprint density at radius 3 is 2.41 bits per heavy atom. The number of aliphatic carboxylic acids is 1. The summed E-state index contributed by atoms with van der Waals surface area (Å²) >= 11 is 0. The second kappa shape index (κ2) is 4.42. The van der Waals surface area contributed by atoms with Crippen LogP contribution in [0.15, 0.2) is 0 Å². The average Bonchev–Trinajstić information content (AvgIpc) is 2.62. The standard InChI is InChI=1S/C9H13F3N2O3/c1-2-13-7(17)14-4-3-8(5-14,6(15)16)9(10,11)12/h2-5H2,1H3,(H,13,17)(H,15,16). The lowest BCUT2D eigenvalue weighted by Crippen LogP contribution is -2.49. The lowest BCUT2D eigenvalue weighted by atomic mass is 9.86. The number of hydrogen-bond acceptors (Lipinski definition) is 2. The molecule has 0 spiro atoms. The van der Waals surface area contributed by atoms with Gasteiger partial charge in [-0.25, -0.2) is 4.79 Å². The Bertz CT molecular complexity index is 332. The summed E-state index contributed by atoms with van der Waals surface area (Å²) in [5.74, 6) is -1.93. The molecule has 5 nitrogen and oxygen atoms in total. The molecule has 1 rings (SSSR count). The molecule has 1 saturated heterocycles. The number of urea groups is 1. The fourth-order valence-electron chi connectivity index (χ4n) is 1.77. The summed E-state index contributed by atoms with van der Waals surface area (Å²) < 4.78 is 38.3. The molecule has 2 N–H and O–H groups in total. The van der Waals surface area contributed by atoms with Crippen molar-refractivity contribution < 1.29 is 27.9 Å². The van der Waals surface area contributed by atoms with Crippen molar-refractivity contribution in [1.82, 2.24) is 10.2 Å². The largest absolute Gasteiger partial charge is 0.481 e. The molecule has 0 saturated carbocycles. The van der Waals surface area contributed by atoms with E-state index in [-0.39, 0.29) is 13.1 Å². The molecule has 0 aromatic carbocycles. The maximum Gasteiger partial charge on any atom is 0.406 e. The molecule has 2 amide bonds. The zero-order valence-corrected chi connectivity index (χ0v) is 9.17. The first kappa shape index (κ1) is 13.6. The minimum Gasteiger partial charge on any atom is -0.481 e. The number of nitrogens with zero attached hydrogens (tertiary/aromatic N) is 1. The first-order valence-corrected chi connectivity index (χ1v) is 5.07. The van der Waals surface area contributed by atoms with Crippen molar-refractivity contribution in [1.29, 1.82) is 0 Å². The monoisotopic (exact) mass is 254 g/mol. The number of halogens is 3. The van der Waals surface area contributed by atoms with Crippen LogP contribution in [0.25, 0.3) is 0 Å². The third kappa shape index (κ3) is 2.29. The van der Waals surface area contributed by atoms with Gasteiger partial charge in [0.1, 0.15) is 0 Å². The van der Waals surface area contributed by atoms with E-state index in [0.29, 0.717) is 0 Å². The number of amides is 2. The number of carboxylic acid groups (broad SMARTS) is 1.